The van der Waals surface area contributed by atoms with Crippen molar-refractivity contribution in [2.24, 2.45) is 4.99 Å². The third kappa shape index (κ3) is 5.60. The number of thioether (sulfide) groups is 1. The van der Waals surface area contributed by atoms with E-state index in [2.05, 4.69) is 11.1 Å². The van der Waals surface area contributed by atoms with E-state index in [0.29, 0.717) is 38.6 Å². The monoisotopic (exact) mass is 517 g/mol. The molecule has 4 rings (SSSR count). The quantitative estimate of drug-likeness (QED) is 0.379. The molecule has 1 aliphatic rings. The van der Waals surface area contributed by atoms with Gasteiger partial charge in [-0.3, -0.25) is 9.69 Å². The molecule has 36 heavy (non-hydrogen) atoms. The number of amidine groups is 1. The largest absolute Gasteiger partial charge is 0.487 e. The van der Waals surface area contributed by atoms with Crippen LogP contribution in [0.2, 0.25) is 5.02 Å². The fourth-order valence-electron chi connectivity index (χ4n) is 3.45. The van der Waals surface area contributed by atoms with Crippen molar-refractivity contribution in [2.45, 2.75) is 13.5 Å². The third-order valence-corrected chi connectivity index (χ3v) is 6.62. The summed E-state index contributed by atoms with van der Waals surface area (Å²) in [7, 11) is 0. The van der Waals surface area contributed by atoms with Crippen molar-refractivity contribution < 1.29 is 19.4 Å². The number of ether oxygens (including phenoxy) is 1. The molecule has 1 amide bonds. The van der Waals surface area contributed by atoms with Crippen molar-refractivity contribution >= 4 is 52.2 Å². The highest BCUT2D eigenvalue weighted by Crippen LogP contribution is 2.35. The van der Waals surface area contributed by atoms with Gasteiger partial charge in [0.2, 0.25) is 0 Å². The predicted octanol–water partition coefficient (Wildman–Crippen LogP) is 6.11. The van der Waals surface area contributed by atoms with Crippen molar-refractivity contribution in [3.63, 3.8) is 0 Å². The van der Waals surface area contributed by atoms with Gasteiger partial charge in [0, 0.05) is 12.1 Å². The van der Waals surface area contributed by atoms with Crippen LogP contribution in [0, 0.1) is 11.3 Å². The van der Waals surface area contributed by atoms with Crippen molar-refractivity contribution in [3.05, 3.63) is 98.9 Å². The van der Waals surface area contributed by atoms with E-state index in [1.165, 1.54) is 23.9 Å². The molecule has 0 atom stereocenters. The molecule has 9 heteroatoms. The number of carbonyl (C=O) groups is 2. The summed E-state index contributed by atoms with van der Waals surface area (Å²) in [5.41, 5.74) is 2.75. The summed E-state index contributed by atoms with van der Waals surface area (Å²) in [6, 6.07) is 20.7. The summed E-state index contributed by atoms with van der Waals surface area (Å²) in [4.78, 5) is 30.6. The normalized spacial score (nSPS) is 15.4. The van der Waals surface area contributed by atoms with E-state index in [4.69, 9.17) is 21.4 Å². The van der Waals surface area contributed by atoms with Crippen LogP contribution in [0.15, 0.2) is 76.6 Å². The van der Waals surface area contributed by atoms with Gasteiger partial charge < -0.3 is 9.84 Å². The number of aliphatic imine (C=N–C) groups is 1. The molecule has 0 bridgehead atoms. The second kappa shape index (κ2) is 11.1. The van der Waals surface area contributed by atoms with E-state index >= 15 is 0 Å². The number of aromatic carboxylic acids is 1. The lowest BCUT2D eigenvalue weighted by Gasteiger charge is -2.12. The van der Waals surface area contributed by atoms with Gasteiger partial charge in [0.05, 0.1) is 32.8 Å². The highest BCUT2D eigenvalue weighted by Gasteiger charge is 2.32. The molecule has 0 aromatic heterocycles. The minimum absolute atomic E-state index is 0.167. The second-order valence-corrected chi connectivity index (χ2v) is 9.07. The molecule has 0 radical (unpaired) electrons. The zero-order valence-corrected chi connectivity index (χ0v) is 20.7. The van der Waals surface area contributed by atoms with Gasteiger partial charge in [0.15, 0.2) is 5.17 Å². The maximum Gasteiger partial charge on any atom is 0.335 e. The summed E-state index contributed by atoms with van der Waals surface area (Å²) in [5, 5.41) is 19.2. The third-order valence-electron chi connectivity index (χ3n) is 5.32. The van der Waals surface area contributed by atoms with Crippen LogP contribution in [0.5, 0.6) is 5.75 Å². The minimum atomic E-state index is -1.01. The predicted molar refractivity (Wildman–Crippen MR) is 140 cm³/mol. The van der Waals surface area contributed by atoms with E-state index in [1.54, 1.807) is 53.4 Å². The molecule has 1 heterocycles. The first kappa shape index (κ1) is 25.0. The molecule has 1 saturated heterocycles. The smallest absolute Gasteiger partial charge is 0.335 e. The fourth-order valence-corrected chi connectivity index (χ4v) is 4.75. The molecule has 0 aliphatic carbocycles. The van der Waals surface area contributed by atoms with Gasteiger partial charge in [-0.05, 0) is 72.8 Å². The standard InChI is InChI=1S/C27H20ClN3O4S/c1-2-31-25(32)24(36-27(31)30-21-10-8-18(9-11-21)26(33)34)14-17-7-12-23(22(28)13-17)35-16-20-6-4-3-5-19(20)15-29/h3-14H,2,16H2,1H3,(H,33,34). The molecule has 3 aromatic carbocycles. The number of hydrogen-bond donors (Lipinski definition) is 1. The van der Waals surface area contributed by atoms with Crippen molar-refractivity contribution in [1.29, 1.82) is 5.26 Å². The minimum Gasteiger partial charge on any atom is -0.487 e. The summed E-state index contributed by atoms with van der Waals surface area (Å²) >= 11 is 7.67. The first-order valence-electron chi connectivity index (χ1n) is 10.9. The lowest BCUT2D eigenvalue weighted by atomic mass is 10.1. The molecule has 0 unspecified atom stereocenters. The van der Waals surface area contributed by atoms with E-state index in [1.807, 2.05) is 19.1 Å². The highest BCUT2D eigenvalue weighted by atomic mass is 35.5. The van der Waals surface area contributed by atoms with E-state index < -0.39 is 5.97 Å². The molecular formula is C27H20ClN3O4S. The summed E-state index contributed by atoms with van der Waals surface area (Å²) in [6.07, 6.45) is 1.74. The number of nitrogens with zero attached hydrogens (tertiary/aromatic N) is 3. The van der Waals surface area contributed by atoms with Gasteiger partial charge >= 0.3 is 5.97 Å². The highest BCUT2D eigenvalue weighted by molar-refractivity contribution is 8.18. The van der Waals surface area contributed by atoms with Crippen LogP contribution in [0.1, 0.15) is 34.0 Å². The average Bonchev–Trinajstić information content (AvgIpc) is 3.17. The molecule has 1 fully saturated rings. The Morgan fingerprint density at radius 3 is 2.61 bits per heavy atom. The van der Waals surface area contributed by atoms with E-state index in [9.17, 15) is 14.9 Å². The maximum atomic E-state index is 13.0. The zero-order valence-electron chi connectivity index (χ0n) is 19.1. The molecule has 180 valence electrons. The Balaban J connectivity index is 1.51. The number of halogens is 1. The molecule has 3 aromatic rings. The Bertz CT molecular complexity index is 1430. The number of hydrogen-bond acceptors (Lipinski definition) is 6. The molecule has 1 N–H and O–H groups in total. The average molecular weight is 518 g/mol. The molecule has 0 spiro atoms. The Labute approximate surface area is 217 Å². The van der Waals surface area contributed by atoms with E-state index in [0.717, 1.165) is 11.1 Å². The van der Waals surface area contributed by atoms with Crippen LogP contribution in [0.3, 0.4) is 0 Å². The van der Waals surface area contributed by atoms with Crippen LogP contribution in [0.4, 0.5) is 5.69 Å². The molecule has 7 nitrogen and oxygen atoms in total. The zero-order chi connectivity index (χ0) is 25.7. The van der Waals surface area contributed by atoms with Crippen molar-refractivity contribution in [3.8, 4) is 11.8 Å². The number of benzene rings is 3. The molecular weight excluding hydrogens is 498 g/mol. The van der Waals surface area contributed by atoms with Gasteiger partial charge in [-0.1, -0.05) is 35.9 Å². The lowest BCUT2D eigenvalue weighted by molar-refractivity contribution is -0.122. The number of carboxylic acids is 1. The number of likely N-dealkylation sites (N-methyl/N-ethyl adjacent to an activating group) is 1. The summed E-state index contributed by atoms with van der Waals surface area (Å²) in [5.74, 6) is -0.714. The first-order valence-corrected chi connectivity index (χ1v) is 12.1. The number of carboxylic acid groups (broad SMARTS) is 1. The summed E-state index contributed by atoms with van der Waals surface area (Å²) < 4.78 is 5.81. The van der Waals surface area contributed by atoms with Crippen molar-refractivity contribution in [2.75, 3.05) is 6.54 Å². The Morgan fingerprint density at radius 1 is 1.19 bits per heavy atom. The second-order valence-electron chi connectivity index (χ2n) is 7.65. The first-order chi connectivity index (χ1) is 17.4. The van der Waals surface area contributed by atoms with Crippen LogP contribution in [-0.4, -0.2) is 33.6 Å². The SMILES string of the molecule is CCN1C(=O)C(=Cc2ccc(OCc3ccccc3C#N)c(Cl)c2)SC1=Nc1ccc(C(=O)O)cc1. The lowest BCUT2D eigenvalue weighted by Crippen LogP contribution is -2.28. The van der Waals surface area contributed by atoms with Crippen LogP contribution in [0.25, 0.3) is 6.08 Å². The van der Waals surface area contributed by atoms with Crippen LogP contribution < -0.4 is 4.74 Å². The number of carbonyl (C=O) groups excluding carboxylic acids is 1. The summed E-state index contributed by atoms with van der Waals surface area (Å²) in [6.45, 7) is 2.50. The van der Waals surface area contributed by atoms with Gasteiger partial charge in [-0.25, -0.2) is 9.79 Å². The van der Waals surface area contributed by atoms with Crippen LogP contribution >= 0.6 is 23.4 Å². The van der Waals surface area contributed by atoms with Gasteiger partial charge in [0.1, 0.15) is 12.4 Å². The van der Waals surface area contributed by atoms with Crippen LogP contribution in [-0.2, 0) is 11.4 Å². The van der Waals surface area contributed by atoms with Gasteiger partial charge in [-0.2, -0.15) is 5.26 Å². The molecule has 1 aliphatic heterocycles. The topological polar surface area (TPSA) is 103 Å². The maximum absolute atomic E-state index is 13.0. The van der Waals surface area contributed by atoms with Crippen molar-refractivity contribution in [1.82, 2.24) is 4.90 Å². The number of amides is 1. The molecule has 0 saturated carbocycles. The van der Waals surface area contributed by atoms with Gasteiger partial charge in [0.25, 0.3) is 5.91 Å². The van der Waals surface area contributed by atoms with E-state index in [-0.39, 0.29) is 18.1 Å². The number of nitriles is 1. The Kier molecular flexibility index (Phi) is 7.74. The van der Waals surface area contributed by atoms with Gasteiger partial charge in [-0.15, -0.1) is 0 Å². The Morgan fingerprint density at radius 2 is 1.94 bits per heavy atom. The number of rotatable bonds is 7. The Hall–Kier alpha value is -4.06. The fraction of sp³-hybridized carbons (Fsp3) is 0.111.